The molecular formula is C8H7BrFNO3S. The van der Waals surface area contributed by atoms with E-state index < -0.39 is 16.4 Å². The maximum absolute atomic E-state index is 12.9. The minimum atomic E-state index is -0.693. The molecule has 1 aromatic carbocycles. The van der Waals surface area contributed by atoms with Gasteiger partial charge in [0.1, 0.15) is 5.82 Å². The second-order valence-electron chi connectivity index (χ2n) is 2.57. The molecule has 15 heavy (non-hydrogen) atoms. The first kappa shape index (κ1) is 12.3. The predicted octanol–water partition coefficient (Wildman–Crippen LogP) is 2.81. The Morgan fingerprint density at radius 2 is 2.27 bits per heavy atom. The summed E-state index contributed by atoms with van der Waals surface area (Å²) in [5, 5.41) is 10.6. The fourth-order valence-corrected chi connectivity index (χ4v) is 1.60. The molecule has 0 bridgehead atoms. The molecule has 0 fully saturated rings. The average molecular weight is 296 g/mol. The Hall–Kier alpha value is -0.820. The number of benzene rings is 1. The smallest absolute Gasteiger partial charge is 0.315 e. The summed E-state index contributed by atoms with van der Waals surface area (Å²) < 4.78 is 18.2. The summed E-state index contributed by atoms with van der Waals surface area (Å²) >= 11 is 6.91. The fourth-order valence-electron chi connectivity index (χ4n) is 0.973. The Labute approximate surface area is 99.1 Å². The van der Waals surface area contributed by atoms with Gasteiger partial charge in [-0.1, -0.05) is 0 Å². The minimum Gasteiger partial charge on any atom is -0.485 e. The molecule has 7 heteroatoms. The Bertz CT molecular complexity index is 388. The Kier molecular flexibility index (Phi) is 4.34. The van der Waals surface area contributed by atoms with Crippen LogP contribution in [0.2, 0.25) is 0 Å². The van der Waals surface area contributed by atoms with Gasteiger partial charge in [0.25, 0.3) is 0 Å². The normalized spacial score (nSPS) is 10.1. The largest absolute Gasteiger partial charge is 0.485 e. The molecule has 0 aliphatic rings. The molecule has 0 heterocycles. The summed E-state index contributed by atoms with van der Waals surface area (Å²) in [6, 6.07) is 1.93. The van der Waals surface area contributed by atoms with Crippen molar-refractivity contribution >= 4 is 34.2 Å². The van der Waals surface area contributed by atoms with Crippen LogP contribution >= 0.6 is 28.6 Å². The lowest BCUT2D eigenvalue weighted by Crippen LogP contribution is -2.02. The van der Waals surface area contributed by atoms with Gasteiger partial charge in [0.2, 0.25) is 5.75 Å². The third kappa shape index (κ3) is 3.07. The number of rotatable bonds is 4. The molecule has 1 aromatic rings. The molecule has 4 nitrogen and oxygen atoms in total. The van der Waals surface area contributed by atoms with E-state index >= 15 is 0 Å². The first-order valence-corrected chi connectivity index (χ1v) is 5.36. The zero-order valence-electron chi connectivity index (χ0n) is 7.44. The van der Waals surface area contributed by atoms with Gasteiger partial charge in [-0.05, 0) is 22.0 Å². The lowest BCUT2D eigenvalue weighted by atomic mass is 10.3. The molecule has 0 aromatic heterocycles. The zero-order chi connectivity index (χ0) is 11.4. The highest BCUT2D eigenvalue weighted by Gasteiger charge is 2.20. The molecule has 1 rings (SSSR count). The summed E-state index contributed by atoms with van der Waals surface area (Å²) in [4.78, 5) is 9.92. The molecule has 0 unspecified atom stereocenters. The quantitative estimate of drug-likeness (QED) is 0.528. The van der Waals surface area contributed by atoms with E-state index in [0.29, 0.717) is 5.75 Å². The number of thiol groups is 1. The third-order valence-corrected chi connectivity index (χ3v) is 2.29. The van der Waals surface area contributed by atoms with Gasteiger partial charge in [0.05, 0.1) is 22.1 Å². The van der Waals surface area contributed by atoms with Crippen molar-refractivity contribution in [3.05, 3.63) is 32.5 Å². The second kappa shape index (κ2) is 5.32. The summed E-state index contributed by atoms with van der Waals surface area (Å²) in [6.45, 7) is 0.216. The number of nitro benzene ring substituents is 1. The molecule has 0 atom stereocenters. The van der Waals surface area contributed by atoms with Crippen molar-refractivity contribution in [3.63, 3.8) is 0 Å². The van der Waals surface area contributed by atoms with Crippen molar-refractivity contribution < 1.29 is 14.1 Å². The molecule has 0 saturated carbocycles. The van der Waals surface area contributed by atoms with Crippen LogP contribution in [-0.4, -0.2) is 17.3 Å². The SMILES string of the molecule is O=[N+]([O-])c1cc(F)cc(Br)c1OCCS. The van der Waals surface area contributed by atoms with E-state index in [1.54, 1.807) is 0 Å². The molecule has 0 spiro atoms. The molecule has 0 radical (unpaired) electrons. The second-order valence-corrected chi connectivity index (χ2v) is 3.87. The van der Waals surface area contributed by atoms with Crippen LogP contribution in [0.15, 0.2) is 16.6 Å². The standard InChI is InChI=1S/C8H7BrFNO3S/c9-6-3-5(10)4-7(11(12)13)8(6)14-1-2-15/h3-4,15H,1-2H2. The van der Waals surface area contributed by atoms with Crippen LogP contribution in [-0.2, 0) is 0 Å². The molecule has 0 N–H and O–H groups in total. The number of halogens is 2. The number of nitro groups is 1. The van der Waals surface area contributed by atoms with E-state index in [1.807, 2.05) is 0 Å². The number of hydrogen-bond acceptors (Lipinski definition) is 4. The lowest BCUT2D eigenvalue weighted by molar-refractivity contribution is -0.386. The first-order valence-electron chi connectivity index (χ1n) is 3.93. The van der Waals surface area contributed by atoms with Crippen LogP contribution in [0.4, 0.5) is 10.1 Å². The van der Waals surface area contributed by atoms with Crippen molar-refractivity contribution in [3.8, 4) is 5.75 Å². The average Bonchev–Trinajstić information content (AvgIpc) is 2.15. The Morgan fingerprint density at radius 1 is 1.60 bits per heavy atom. The van der Waals surface area contributed by atoms with Crippen LogP contribution in [0, 0.1) is 15.9 Å². The van der Waals surface area contributed by atoms with Crippen molar-refractivity contribution in [2.75, 3.05) is 12.4 Å². The molecule has 82 valence electrons. The zero-order valence-corrected chi connectivity index (χ0v) is 9.92. The van der Waals surface area contributed by atoms with Gasteiger partial charge in [0.15, 0.2) is 0 Å². The summed E-state index contributed by atoms with van der Waals surface area (Å²) in [7, 11) is 0. The predicted molar refractivity (Wildman–Crippen MR) is 60.1 cm³/mol. The van der Waals surface area contributed by atoms with Gasteiger partial charge in [-0.2, -0.15) is 12.6 Å². The number of nitrogens with zero attached hydrogens (tertiary/aromatic N) is 1. The molecule has 0 amide bonds. The van der Waals surface area contributed by atoms with E-state index in [4.69, 9.17) is 4.74 Å². The van der Waals surface area contributed by atoms with E-state index in [-0.39, 0.29) is 16.8 Å². The van der Waals surface area contributed by atoms with Crippen LogP contribution in [0.5, 0.6) is 5.75 Å². The van der Waals surface area contributed by atoms with Gasteiger partial charge >= 0.3 is 5.69 Å². The first-order chi connectivity index (χ1) is 7.06. The Balaban J connectivity index is 3.15. The highest BCUT2D eigenvalue weighted by atomic mass is 79.9. The highest BCUT2D eigenvalue weighted by molar-refractivity contribution is 9.10. The minimum absolute atomic E-state index is 0.0236. The maximum atomic E-state index is 12.9. The summed E-state index contributed by atoms with van der Waals surface area (Å²) in [5.41, 5.74) is -0.399. The van der Waals surface area contributed by atoms with Crippen LogP contribution in [0.1, 0.15) is 0 Å². The van der Waals surface area contributed by atoms with Crippen LogP contribution in [0.3, 0.4) is 0 Å². The fraction of sp³-hybridized carbons (Fsp3) is 0.250. The van der Waals surface area contributed by atoms with Crippen LogP contribution in [0.25, 0.3) is 0 Å². The van der Waals surface area contributed by atoms with Crippen LogP contribution < -0.4 is 4.74 Å². The van der Waals surface area contributed by atoms with Crippen molar-refractivity contribution in [1.82, 2.24) is 0 Å². The highest BCUT2D eigenvalue weighted by Crippen LogP contribution is 2.35. The maximum Gasteiger partial charge on any atom is 0.315 e. The van der Waals surface area contributed by atoms with Gasteiger partial charge in [-0.3, -0.25) is 10.1 Å². The van der Waals surface area contributed by atoms with E-state index in [2.05, 4.69) is 28.6 Å². The molecule has 0 saturated heterocycles. The van der Waals surface area contributed by atoms with Gasteiger partial charge < -0.3 is 4.74 Å². The molecule has 0 aliphatic heterocycles. The Morgan fingerprint density at radius 3 is 2.80 bits per heavy atom. The third-order valence-electron chi connectivity index (χ3n) is 1.52. The van der Waals surface area contributed by atoms with Gasteiger partial charge in [-0.15, -0.1) is 0 Å². The molecule has 0 aliphatic carbocycles. The van der Waals surface area contributed by atoms with Crippen molar-refractivity contribution in [2.45, 2.75) is 0 Å². The number of ether oxygens (including phenoxy) is 1. The van der Waals surface area contributed by atoms with E-state index in [9.17, 15) is 14.5 Å². The van der Waals surface area contributed by atoms with E-state index in [0.717, 1.165) is 12.1 Å². The van der Waals surface area contributed by atoms with Gasteiger partial charge in [-0.25, -0.2) is 4.39 Å². The monoisotopic (exact) mass is 295 g/mol. The van der Waals surface area contributed by atoms with Crippen molar-refractivity contribution in [2.24, 2.45) is 0 Å². The van der Waals surface area contributed by atoms with Gasteiger partial charge in [0, 0.05) is 5.75 Å². The molecular weight excluding hydrogens is 289 g/mol. The van der Waals surface area contributed by atoms with E-state index in [1.165, 1.54) is 0 Å². The summed E-state index contributed by atoms with van der Waals surface area (Å²) in [5.74, 6) is -0.247. The number of hydrogen-bond donors (Lipinski definition) is 1. The van der Waals surface area contributed by atoms with Crippen molar-refractivity contribution in [1.29, 1.82) is 0 Å². The summed E-state index contributed by atoms with van der Waals surface area (Å²) in [6.07, 6.45) is 0. The lowest BCUT2D eigenvalue weighted by Gasteiger charge is -2.07. The topological polar surface area (TPSA) is 52.4 Å².